The molecule has 13 heteroatoms. The minimum absolute atomic E-state index is 0.217. The second kappa shape index (κ2) is 19.4. The number of fused-ring (bicyclic) bond motifs is 1. The molecule has 0 aliphatic carbocycles. The number of carbonyl (C=O) groups excluding carboxylic acids is 1. The van der Waals surface area contributed by atoms with Crippen molar-refractivity contribution in [3.63, 3.8) is 0 Å². The van der Waals surface area contributed by atoms with Crippen LogP contribution in [-0.4, -0.2) is 91.5 Å². The first kappa shape index (κ1) is 41.6. The van der Waals surface area contributed by atoms with E-state index in [-0.39, 0.29) is 5.41 Å². The van der Waals surface area contributed by atoms with E-state index in [0.29, 0.717) is 79.9 Å². The minimum atomic E-state index is -0.399. The van der Waals surface area contributed by atoms with Crippen LogP contribution in [0.3, 0.4) is 0 Å². The van der Waals surface area contributed by atoms with Crippen molar-refractivity contribution in [3.8, 4) is 28.8 Å². The van der Waals surface area contributed by atoms with Gasteiger partial charge in [0.05, 0.1) is 50.6 Å². The Bertz CT molecular complexity index is 2280. The second-order valence-electron chi connectivity index (χ2n) is 15.1. The standard InChI is InChI=1S/C45H53N7O6/c1-31-12-14-33(15-13-31)52-42(30-40(50-52)45(2,3)4)49-44(53)47-38-16-17-39(37-11-9-8-10-36(37)38)58-43-18-19-46-41(48-43)28-32-26-34(54-7)29-35(27-32)57-25-24-56-23-22-55-21-20-51(5)6/h8-19,26-27,29-30H,20-25,28H2,1-7H3,(H2,47,49,53). The van der Waals surface area contributed by atoms with Crippen molar-refractivity contribution in [3.05, 3.63) is 120 Å². The Morgan fingerprint density at radius 3 is 2.28 bits per heavy atom. The molecule has 304 valence electrons. The van der Waals surface area contributed by atoms with Crippen LogP contribution >= 0.6 is 0 Å². The number of benzene rings is 4. The molecule has 0 bridgehead atoms. The Morgan fingerprint density at radius 2 is 1.53 bits per heavy atom. The van der Waals surface area contributed by atoms with E-state index in [1.807, 2.05) is 106 Å². The van der Waals surface area contributed by atoms with Crippen LogP contribution in [0.5, 0.6) is 23.1 Å². The molecule has 13 nitrogen and oxygen atoms in total. The summed E-state index contributed by atoms with van der Waals surface area (Å²) in [7, 11) is 5.65. The largest absolute Gasteiger partial charge is 0.497 e. The zero-order chi connectivity index (χ0) is 41.1. The van der Waals surface area contributed by atoms with Gasteiger partial charge in [0.1, 0.15) is 35.5 Å². The summed E-state index contributed by atoms with van der Waals surface area (Å²) >= 11 is 0. The molecule has 0 radical (unpaired) electrons. The van der Waals surface area contributed by atoms with Gasteiger partial charge >= 0.3 is 6.03 Å². The lowest BCUT2D eigenvalue weighted by atomic mass is 9.92. The lowest BCUT2D eigenvalue weighted by Crippen LogP contribution is -2.21. The van der Waals surface area contributed by atoms with E-state index in [9.17, 15) is 4.79 Å². The number of hydrogen-bond donors (Lipinski definition) is 2. The van der Waals surface area contributed by atoms with Crippen molar-refractivity contribution in [2.24, 2.45) is 0 Å². The van der Waals surface area contributed by atoms with Gasteiger partial charge in [0, 0.05) is 53.5 Å². The zero-order valence-electron chi connectivity index (χ0n) is 34.4. The van der Waals surface area contributed by atoms with E-state index in [4.69, 9.17) is 33.8 Å². The molecular formula is C45H53N7O6. The summed E-state index contributed by atoms with van der Waals surface area (Å²) in [6, 6.07) is 28.3. The van der Waals surface area contributed by atoms with Gasteiger partial charge in [0.25, 0.3) is 0 Å². The summed E-state index contributed by atoms with van der Waals surface area (Å²) in [5.41, 5.74) is 4.16. The van der Waals surface area contributed by atoms with Gasteiger partial charge in [-0.2, -0.15) is 10.1 Å². The number of nitrogens with zero attached hydrogens (tertiary/aromatic N) is 5. The van der Waals surface area contributed by atoms with Gasteiger partial charge < -0.3 is 33.9 Å². The predicted octanol–water partition coefficient (Wildman–Crippen LogP) is 8.43. The zero-order valence-corrected chi connectivity index (χ0v) is 34.4. The molecule has 0 spiro atoms. The Labute approximate surface area is 340 Å². The van der Waals surface area contributed by atoms with Gasteiger partial charge in [-0.05, 0) is 63.0 Å². The van der Waals surface area contributed by atoms with Crippen LogP contribution in [0.25, 0.3) is 16.5 Å². The average Bonchev–Trinajstić information content (AvgIpc) is 3.62. The first-order valence-corrected chi connectivity index (χ1v) is 19.3. The number of aromatic nitrogens is 4. The third-order valence-electron chi connectivity index (χ3n) is 9.11. The lowest BCUT2D eigenvalue weighted by Gasteiger charge is -2.14. The Morgan fingerprint density at radius 1 is 0.810 bits per heavy atom. The minimum Gasteiger partial charge on any atom is -0.497 e. The highest BCUT2D eigenvalue weighted by Crippen LogP contribution is 2.35. The van der Waals surface area contributed by atoms with Gasteiger partial charge in [-0.3, -0.25) is 5.32 Å². The number of amides is 2. The van der Waals surface area contributed by atoms with E-state index >= 15 is 0 Å². The highest BCUT2D eigenvalue weighted by Gasteiger charge is 2.22. The number of methoxy groups -OCH3 is 1. The first-order chi connectivity index (χ1) is 27.9. The fourth-order valence-corrected chi connectivity index (χ4v) is 6.00. The van der Waals surface area contributed by atoms with E-state index in [1.54, 1.807) is 24.1 Å². The van der Waals surface area contributed by atoms with E-state index < -0.39 is 6.03 Å². The van der Waals surface area contributed by atoms with Crippen molar-refractivity contribution in [1.29, 1.82) is 0 Å². The molecule has 0 atom stereocenters. The number of hydrogen-bond acceptors (Lipinski definition) is 10. The van der Waals surface area contributed by atoms with E-state index in [0.717, 1.165) is 39.8 Å². The molecule has 0 aliphatic heterocycles. The normalized spacial score (nSPS) is 11.5. The Kier molecular flexibility index (Phi) is 13.9. The van der Waals surface area contributed by atoms with Crippen molar-refractivity contribution >= 4 is 28.3 Å². The van der Waals surface area contributed by atoms with E-state index in [2.05, 4.69) is 41.3 Å². The maximum Gasteiger partial charge on any atom is 0.324 e. The van der Waals surface area contributed by atoms with Gasteiger partial charge in [-0.15, -0.1) is 0 Å². The molecule has 0 aliphatic rings. The predicted molar refractivity (Wildman–Crippen MR) is 227 cm³/mol. The lowest BCUT2D eigenvalue weighted by molar-refractivity contribution is 0.0324. The summed E-state index contributed by atoms with van der Waals surface area (Å²) in [6.45, 7) is 11.7. The molecule has 0 saturated heterocycles. The summed E-state index contributed by atoms with van der Waals surface area (Å²) in [4.78, 5) is 24.8. The highest BCUT2D eigenvalue weighted by atomic mass is 16.5. The monoisotopic (exact) mass is 787 g/mol. The third kappa shape index (κ3) is 11.5. The molecule has 2 aromatic heterocycles. The molecule has 2 N–H and O–H groups in total. The topological polar surface area (TPSA) is 134 Å². The quantitative estimate of drug-likeness (QED) is 0.0818. The van der Waals surface area contributed by atoms with Crippen molar-refractivity contribution in [2.45, 2.75) is 39.5 Å². The number of likely N-dealkylation sites (N-methyl/N-ethyl adjacent to an activating group) is 1. The smallest absolute Gasteiger partial charge is 0.324 e. The molecule has 2 amide bonds. The van der Waals surface area contributed by atoms with Gasteiger partial charge in [-0.1, -0.05) is 62.7 Å². The van der Waals surface area contributed by atoms with Crippen LogP contribution in [0.4, 0.5) is 16.3 Å². The van der Waals surface area contributed by atoms with Crippen molar-refractivity contribution < 1.29 is 28.5 Å². The summed E-state index contributed by atoms with van der Waals surface area (Å²) in [6.07, 6.45) is 2.09. The first-order valence-electron chi connectivity index (χ1n) is 19.3. The third-order valence-corrected chi connectivity index (χ3v) is 9.11. The van der Waals surface area contributed by atoms with Crippen molar-refractivity contribution in [2.75, 3.05) is 71.4 Å². The number of aryl methyl sites for hydroxylation is 1. The molecule has 4 aromatic carbocycles. The molecule has 0 unspecified atom stereocenters. The molecule has 0 fully saturated rings. The molecule has 2 heterocycles. The Hall–Kier alpha value is -6.02. The molecular weight excluding hydrogens is 735 g/mol. The average molecular weight is 788 g/mol. The number of nitrogens with one attached hydrogen (secondary N) is 2. The molecule has 0 saturated carbocycles. The summed E-state index contributed by atoms with van der Waals surface area (Å²) < 4.78 is 30.9. The number of urea groups is 1. The van der Waals surface area contributed by atoms with Crippen LogP contribution in [0, 0.1) is 6.92 Å². The van der Waals surface area contributed by atoms with E-state index in [1.165, 1.54) is 0 Å². The summed E-state index contributed by atoms with van der Waals surface area (Å²) in [5, 5.41) is 12.5. The number of ether oxygens (including phenoxy) is 5. The van der Waals surface area contributed by atoms with Crippen molar-refractivity contribution in [1.82, 2.24) is 24.6 Å². The van der Waals surface area contributed by atoms with Gasteiger partial charge in [0.2, 0.25) is 5.88 Å². The van der Waals surface area contributed by atoms with Crippen LogP contribution in [-0.2, 0) is 21.3 Å². The summed E-state index contributed by atoms with van der Waals surface area (Å²) in [5.74, 6) is 3.41. The van der Waals surface area contributed by atoms with Crippen LogP contribution in [0.15, 0.2) is 97.2 Å². The number of carbonyl (C=O) groups is 1. The number of rotatable bonds is 18. The second-order valence-corrected chi connectivity index (χ2v) is 15.1. The Balaban J connectivity index is 1.10. The van der Waals surface area contributed by atoms with Gasteiger partial charge in [0.15, 0.2) is 0 Å². The molecule has 6 rings (SSSR count). The fraction of sp³-hybridized carbons (Fsp3) is 0.333. The SMILES string of the molecule is COc1cc(Cc2nccc(Oc3ccc(NC(=O)Nc4cc(C(C)(C)C)nn4-c4ccc(C)cc4)c4ccccc34)n2)cc(OCCOCCOCCN(C)C)c1. The fourth-order valence-electron chi connectivity index (χ4n) is 6.00. The van der Waals surface area contributed by atoms with Crippen LogP contribution in [0.1, 0.15) is 43.4 Å². The van der Waals surface area contributed by atoms with Crippen LogP contribution < -0.4 is 24.8 Å². The molecule has 58 heavy (non-hydrogen) atoms. The van der Waals surface area contributed by atoms with Gasteiger partial charge in [-0.25, -0.2) is 14.5 Å². The number of anilines is 2. The maximum atomic E-state index is 13.5. The van der Waals surface area contributed by atoms with Crippen LogP contribution in [0.2, 0.25) is 0 Å². The maximum absolute atomic E-state index is 13.5. The molecule has 6 aromatic rings. The highest BCUT2D eigenvalue weighted by molar-refractivity contribution is 6.07.